The minimum absolute atomic E-state index is 0.219. The van der Waals surface area contributed by atoms with Gasteiger partial charge in [0.15, 0.2) is 0 Å². The Balaban J connectivity index is 2.63. The molecule has 0 fully saturated rings. The van der Waals surface area contributed by atoms with Crippen LogP contribution in [-0.2, 0) is 4.79 Å². The summed E-state index contributed by atoms with van der Waals surface area (Å²) in [6.07, 6.45) is 0.886. The molecular formula is C10H10Cl2FNO. The van der Waals surface area contributed by atoms with E-state index in [2.05, 4.69) is 5.32 Å². The fraction of sp³-hybridized carbons (Fsp3) is 0.300. The highest BCUT2D eigenvalue weighted by molar-refractivity contribution is 6.33. The number of halogens is 3. The summed E-state index contributed by atoms with van der Waals surface area (Å²) in [4.78, 5) is 11.3. The van der Waals surface area contributed by atoms with Gasteiger partial charge in [0.25, 0.3) is 0 Å². The molecule has 0 aliphatic rings. The second kappa shape index (κ2) is 5.93. The maximum atomic E-state index is 12.8. The molecule has 1 N–H and O–H groups in total. The van der Waals surface area contributed by atoms with Gasteiger partial charge < -0.3 is 5.32 Å². The quantitative estimate of drug-likeness (QED) is 0.815. The number of carbonyl (C=O) groups is 1. The summed E-state index contributed by atoms with van der Waals surface area (Å²) >= 11 is 11.2. The van der Waals surface area contributed by atoms with Crippen LogP contribution in [0, 0.1) is 5.82 Å². The molecule has 5 heteroatoms. The predicted octanol–water partition coefficient (Wildman–Crippen LogP) is 3.44. The van der Waals surface area contributed by atoms with Gasteiger partial charge in [-0.15, -0.1) is 11.6 Å². The van der Waals surface area contributed by atoms with Gasteiger partial charge in [0.2, 0.25) is 5.91 Å². The van der Waals surface area contributed by atoms with Gasteiger partial charge in [-0.05, 0) is 24.6 Å². The summed E-state index contributed by atoms with van der Waals surface area (Å²) in [5.41, 5.74) is 0.288. The number of alkyl halides is 1. The molecule has 0 aromatic heterocycles. The minimum Gasteiger partial charge on any atom is -0.325 e. The van der Waals surface area contributed by atoms with E-state index in [0.29, 0.717) is 23.7 Å². The topological polar surface area (TPSA) is 29.1 Å². The van der Waals surface area contributed by atoms with Gasteiger partial charge in [-0.25, -0.2) is 4.39 Å². The predicted molar refractivity (Wildman–Crippen MR) is 60.0 cm³/mol. The molecule has 15 heavy (non-hydrogen) atoms. The Morgan fingerprint density at radius 3 is 2.87 bits per heavy atom. The summed E-state index contributed by atoms with van der Waals surface area (Å²) < 4.78 is 12.8. The molecular weight excluding hydrogens is 240 g/mol. The van der Waals surface area contributed by atoms with Crippen molar-refractivity contribution in [1.29, 1.82) is 0 Å². The van der Waals surface area contributed by atoms with Gasteiger partial charge in [0, 0.05) is 12.3 Å². The van der Waals surface area contributed by atoms with Crippen molar-refractivity contribution in [3.05, 3.63) is 29.0 Å². The van der Waals surface area contributed by atoms with Crippen LogP contribution in [0.15, 0.2) is 18.2 Å². The van der Waals surface area contributed by atoms with Gasteiger partial charge in [-0.1, -0.05) is 11.6 Å². The van der Waals surface area contributed by atoms with E-state index in [9.17, 15) is 9.18 Å². The number of nitrogens with one attached hydrogen (secondary N) is 1. The summed E-state index contributed by atoms with van der Waals surface area (Å²) in [6.45, 7) is 0. The van der Waals surface area contributed by atoms with Crippen LogP contribution in [-0.4, -0.2) is 11.8 Å². The molecule has 0 aliphatic heterocycles. The minimum atomic E-state index is -0.438. The first kappa shape index (κ1) is 12.3. The van der Waals surface area contributed by atoms with Crippen LogP contribution in [0.5, 0.6) is 0 Å². The Kier molecular flexibility index (Phi) is 4.85. The lowest BCUT2D eigenvalue weighted by Gasteiger charge is -2.06. The Morgan fingerprint density at radius 2 is 2.20 bits per heavy atom. The molecule has 1 rings (SSSR count). The summed E-state index contributed by atoms with van der Waals surface area (Å²) in [5, 5.41) is 2.83. The fourth-order valence-corrected chi connectivity index (χ4v) is 1.33. The molecule has 82 valence electrons. The average Bonchev–Trinajstić information content (AvgIpc) is 2.20. The van der Waals surface area contributed by atoms with E-state index >= 15 is 0 Å². The van der Waals surface area contributed by atoms with E-state index in [0.717, 1.165) is 0 Å². The number of carbonyl (C=O) groups excluding carboxylic acids is 1. The lowest BCUT2D eigenvalue weighted by atomic mass is 10.2. The summed E-state index contributed by atoms with van der Waals surface area (Å²) in [6, 6.07) is 3.81. The molecule has 0 unspecified atom stereocenters. The zero-order valence-electron chi connectivity index (χ0n) is 7.90. The van der Waals surface area contributed by atoms with Gasteiger partial charge >= 0.3 is 0 Å². The molecule has 0 saturated carbocycles. The number of rotatable bonds is 4. The van der Waals surface area contributed by atoms with E-state index < -0.39 is 5.82 Å². The molecule has 0 radical (unpaired) electrons. The highest BCUT2D eigenvalue weighted by atomic mass is 35.5. The number of anilines is 1. The van der Waals surface area contributed by atoms with Crippen LogP contribution >= 0.6 is 23.2 Å². The average molecular weight is 250 g/mol. The van der Waals surface area contributed by atoms with Gasteiger partial charge in [-0.3, -0.25) is 4.79 Å². The van der Waals surface area contributed by atoms with E-state index in [-0.39, 0.29) is 11.6 Å². The molecule has 0 heterocycles. The molecule has 0 spiro atoms. The largest absolute Gasteiger partial charge is 0.325 e. The normalized spacial score (nSPS) is 10.1. The van der Waals surface area contributed by atoms with Crippen molar-refractivity contribution in [2.45, 2.75) is 12.8 Å². The lowest BCUT2D eigenvalue weighted by Crippen LogP contribution is -2.11. The molecule has 0 atom stereocenters. The van der Waals surface area contributed by atoms with Crippen LogP contribution in [0.25, 0.3) is 0 Å². The molecule has 0 aliphatic carbocycles. The van der Waals surface area contributed by atoms with Gasteiger partial charge in [-0.2, -0.15) is 0 Å². The highest BCUT2D eigenvalue weighted by Crippen LogP contribution is 2.22. The number of benzene rings is 1. The Bertz CT molecular complexity index is 357. The SMILES string of the molecule is O=C(CCCCl)Nc1cc(F)ccc1Cl. The standard InChI is InChI=1S/C10H10Cl2FNO/c11-5-1-2-10(15)14-9-6-7(13)3-4-8(9)12/h3-4,6H,1-2,5H2,(H,14,15). The zero-order valence-corrected chi connectivity index (χ0v) is 9.41. The van der Waals surface area contributed by atoms with Crippen LogP contribution in [0.4, 0.5) is 10.1 Å². The molecule has 0 saturated heterocycles. The molecule has 0 bridgehead atoms. The first-order valence-electron chi connectivity index (χ1n) is 4.44. The van der Waals surface area contributed by atoms with E-state index in [1.807, 2.05) is 0 Å². The van der Waals surface area contributed by atoms with Crippen LogP contribution in [0.1, 0.15) is 12.8 Å². The van der Waals surface area contributed by atoms with E-state index in [4.69, 9.17) is 23.2 Å². The zero-order chi connectivity index (χ0) is 11.3. The molecule has 2 nitrogen and oxygen atoms in total. The molecule has 1 aromatic carbocycles. The maximum absolute atomic E-state index is 12.8. The highest BCUT2D eigenvalue weighted by Gasteiger charge is 2.06. The Hall–Kier alpha value is -0.800. The van der Waals surface area contributed by atoms with Crippen molar-refractivity contribution < 1.29 is 9.18 Å². The third kappa shape index (κ3) is 4.06. The van der Waals surface area contributed by atoms with E-state index in [1.54, 1.807) is 0 Å². The van der Waals surface area contributed by atoms with Gasteiger partial charge in [0.05, 0.1) is 10.7 Å². The molecule has 1 aromatic rings. The maximum Gasteiger partial charge on any atom is 0.224 e. The molecule has 1 amide bonds. The third-order valence-corrected chi connectivity index (χ3v) is 2.34. The summed E-state index contributed by atoms with van der Waals surface area (Å²) in [5.74, 6) is -0.236. The van der Waals surface area contributed by atoms with Crippen molar-refractivity contribution in [3.63, 3.8) is 0 Å². The van der Waals surface area contributed by atoms with Gasteiger partial charge in [0.1, 0.15) is 5.82 Å². The van der Waals surface area contributed by atoms with Crippen molar-refractivity contribution in [3.8, 4) is 0 Å². The number of amides is 1. The second-order valence-electron chi connectivity index (χ2n) is 2.96. The third-order valence-electron chi connectivity index (χ3n) is 1.74. The van der Waals surface area contributed by atoms with Crippen molar-refractivity contribution in [2.24, 2.45) is 0 Å². The smallest absolute Gasteiger partial charge is 0.224 e. The first-order chi connectivity index (χ1) is 7.13. The van der Waals surface area contributed by atoms with Crippen LogP contribution < -0.4 is 5.32 Å². The monoisotopic (exact) mass is 249 g/mol. The Labute approximate surface area is 97.4 Å². The number of hydrogen-bond acceptors (Lipinski definition) is 1. The van der Waals surface area contributed by atoms with Crippen molar-refractivity contribution in [2.75, 3.05) is 11.2 Å². The summed E-state index contributed by atoms with van der Waals surface area (Å²) in [7, 11) is 0. The van der Waals surface area contributed by atoms with Crippen molar-refractivity contribution in [1.82, 2.24) is 0 Å². The lowest BCUT2D eigenvalue weighted by molar-refractivity contribution is -0.116. The fourth-order valence-electron chi connectivity index (χ4n) is 1.03. The van der Waals surface area contributed by atoms with Crippen LogP contribution in [0.2, 0.25) is 5.02 Å². The van der Waals surface area contributed by atoms with Crippen molar-refractivity contribution >= 4 is 34.8 Å². The second-order valence-corrected chi connectivity index (χ2v) is 3.75. The number of hydrogen-bond donors (Lipinski definition) is 1. The van der Waals surface area contributed by atoms with E-state index in [1.165, 1.54) is 18.2 Å². The Morgan fingerprint density at radius 1 is 1.47 bits per heavy atom. The first-order valence-corrected chi connectivity index (χ1v) is 5.35. The van der Waals surface area contributed by atoms with Crippen LogP contribution in [0.3, 0.4) is 0 Å².